The maximum Gasteiger partial charge on any atom is 0.271 e. The first-order chi connectivity index (χ1) is 8.81. The van der Waals surface area contributed by atoms with Gasteiger partial charge in [-0.2, -0.15) is 0 Å². The Labute approximate surface area is 106 Å². The zero-order valence-corrected chi connectivity index (χ0v) is 10.2. The first kappa shape index (κ1) is 12.2. The van der Waals surface area contributed by atoms with Crippen molar-refractivity contribution in [3.05, 3.63) is 60.2 Å². The van der Waals surface area contributed by atoms with Gasteiger partial charge in [-0.1, -0.05) is 37.3 Å². The van der Waals surface area contributed by atoms with E-state index in [2.05, 4.69) is 15.3 Å². The smallest absolute Gasteiger partial charge is 0.271 e. The highest BCUT2D eigenvalue weighted by Gasteiger charge is 2.14. The van der Waals surface area contributed by atoms with Crippen molar-refractivity contribution in [1.82, 2.24) is 15.3 Å². The summed E-state index contributed by atoms with van der Waals surface area (Å²) in [5.74, 6) is -0.196. The average Bonchev–Trinajstić information content (AvgIpc) is 2.46. The lowest BCUT2D eigenvalue weighted by atomic mass is 10.0. The van der Waals surface area contributed by atoms with Crippen molar-refractivity contribution in [3.8, 4) is 0 Å². The molecule has 0 aliphatic carbocycles. The molecule has 2 aromatic rings. The van der Waals surface area contributed by atoms with Gasteiger partial charge in [-0.25, -0.2) is 4.98 Å². The Bertz CT molecular complexity index is 499. The van der Waals surface area contributed by atoms with Gasteiger partial charge in [-0.15, -0.1) is 0 Å². The zero-order chi connectivity index (χ0) is 12.8. The van der Waals surface area contributed by atoms with Crippen LogP contribution in [-0.4, -0.2) is 15.9 Å². The maximum atomic E-state index is 12.0. The van der Waals surface area contributed by atoms with Gasteiger partial charge in [0.15, 0.2) is 0 Å². The molecule has 4 nitrogen and oxygen atoms in total. The van der Waals surface area contributed by atoms with E-state index in [-0.39, 0.29) is 11.9 Å². The van der Waals surface area contributed by atoms with Crippen LogP contribution >= 0.6 is 0 Å². The lowest BCUT2D eigenvalue weighted by molar-refractivity contribution is 0.0930. The topological polar surface area (TPSA) is 54.9 Å². The van der Waals surface area contributed by atoms with Crippen molar-refractivity contribution in [2.45, 2.75) is 19.4 Å². The summed E-state index contributed by atoms with van der Waals surface area (Å²) in [4.78, 5) is 19.8. The van der Waals surface area contributed by atoms with E-state index in [1.807, 2.05) is 37.3 Å². The molecule has 2 rings (SSSR count). The van der Waals surface area contributed by atoms with E-state index in [4.69, 9.17) is 0 Å². The monoisotopic (exact) mass is 241 g/mol. The summed E-state index contributed by atoms with van der Waals surface area (Å²) in [6, 6.07) is 9.90. The zero-order valence-electron chi connectivity index (χ0n) is 10.2. The summed E-state index contributed by atoms with van der Waals surface area (Å²) in [5.41, 5.74) is 1.43. The molecule has 0 aliphatic heterocycles. The third-order valence-electron chi connectivity index (χ3n) is 2.71. The predicted molar refractivity (Wildman–Crippen MR) is 69.0 cm³/mol. The lowest BCUT2D eigenvalue weighted by Crippen LogP contribution is -2.28. The Morgan fingerprint density at radius 3 is 2.67 bits per heavy atom. The molecule has 0 saturated carbocycles. The summed E-state index contributed by atoms with van der Waals surface area (Å²) >= 11 is 0. The van der Waals surface area contributed by atoms with Gasteiger partial charge in [-0.05, 0) is 12.0 Å². The van der Waals surface area contributed by atoms with E-state index < -0.39 is 0 Å². The Kier molecular flexibility index (Phi) is 4.02. The molecule has 1 heterocycles. The van der Waals surface area contributed by atoms with E-state index in [0.717, 1.165) is 12.0 Å². The molecular formula is C14H15N3O. The van der Waals surface area contributed by atoms with E-state index in [1.54, 1.807) is 6.20 Å². The largest absolute Gasteiger partial charge is 0.344 e. The molecule has 0 bridgehead atoms. The number of amides is 1. The molecular weight excluding hydrogens is 226 g/mol. The number of benzene rings is 1. The summed E-state index contributed by atoms with van der Waals surface area (Å²) in [6.07, 6.45) is 5.35. The molecule has 18 heavy (non-hydrogen) atoms. The average molecular weight is 241 g/mol. The highest BCUT2D eigenvalue weighted by Crippen LogP contribution is 2.16. The van der Waals surface area contributed by atoms with Crippen LogP contribution in [0.1, 0.15) is 35.4 Å². The van der Waals surface area contributed by atoms with Gasteiger partial charge >= 0.3 is 0 Å². The Balaban J connectivity index is 2.10. The van der Waals surface area contributed by atoms with Gasteiger partial charge < -0.3 is 5.32 Å². The molecule has 1 atom stereocenters. The third-order valence-corrected chi connectivity index (χ3v) is 2.71. The molecule has 1 aromatic heterocycles. The SMILES string of the molecule is CCC(NC(=O)c1cnccn1)c1ccccc1. The number of rotatable bonds is 4. The molecule has 0 spiro atoms. The minimum absolute atomic E-state index is 0.000654. The van der Waals surface area contributed by atoms with Crippen LogP contribution in [0.4, 0.5) is 0 Å². The number of nitrogens with one attached hydrogen (secondary N) is 1. The van der Waals surface area contributed by atoms with Crippen LogP contribution in [0, 0.1) is 0 Å². The fourth-order valence-electron chi connectivity index (χ4n) is 1.75. The Morgan fingerprint density at radius 1 is 1.28 bits per heavy atom. The fourth-order valence-corrected chi connectivity index (χ4v) is 1.75. The first-order valence-corrected chi connectivity index (χ1v) is 5.93. The second-order valence-corrected chi connectivity index (χ2v) is 3.94. The van der Waals surface area contributed by atoms with Crippen LogP contribution in [-0.2, 0) is 0 Å². The summed E-state index contributed by atoms with van der Waals surface area (Å²) < 4.78 is 0. The standard InChI is InChI=1S/C14H15N3O/c1-2-12(11-6-4-3-5-7-11)17-14(18)13-10-15-8-9-16-13/h3-10,12H,2H2,1H3,(H,17,18). The van der Waals surface area contributed by atoms with Gasteiger partial charge in [0, 0.05) is 12.4 Å². The predicted octanol–water partition coefficient (Wildman–Crippen LogP) is 2.36. The van der Waals surface area contributed by atoms with Crippen molar-refractivity contribution in [3.63, 3.8) is 0 Å². The molecule has 0 aliphatic rings. The number of carbonyl (C=O) groups excluding carboxylic acids is 1. The highest BCUT2D eigenvalue weighted by molar-refractivity contribution is 5.92. The summed E-state index contributed by atoms with van der Waals surface area (Å²) in [5, 5.41) is 2.96. The van der Waals surface area contributed by atoms with E-state index in [1.165, 1.54) is 12.4 Å². The van der Waals surface area contributed by atoms with Crippen molar-refractivity contribution in [1.29, 1.82) is 0 Å². The maximum absolute atomic E-state index is 12.0. The van der Waals surface area contributed by atoms with Gasteiger partial charge in [0.05, 0.1) is 12.2 Å². The number of hydrogen-bond acceptors (Lipinski definition) is 3. The number of hydrogen-bond donors (Lipinski definition) is 1. The minimum Gasteiger partial charge on any atom is -0.344 e. The number of aromatic nitrogens is 2. The van der Waals surface area contributed by atoms with Crippen LogP contribution in [0.25, 0.3) is 0 Å². The van der Waals surface area contributed by atoms with Crippen LogP contribution < -0.4 is 5.32 Å². The molecule has 1 amide bonds. The van der Waals surface area contributed by atoms with Crippen LogP contribution in [0.5, 0.6) is 0 Å². The molecule has 0 fully saturated rings. The fraction of sp³-hybridized carbons (Fsp3) is 0.214. The molecule has 1 unspecified atom stereocenters. The van der Waals surface area contributed by atoms with Crippen molar-refractivity contribution >= 4 is 5.91 Å². The van der Waals surface area contributed by atoms with E-state index in [0.29, 0.717) is 5.69 Å². The second kappa shape index (κ2) is 5.91. The van der Waals surface area contributed by atoms with E-state index >= 15 is 0 Å². The minimum atomic E-state index is -0.196. The van der Waals surface area contributed by atoms with Gasteiger partial charge in [-0.3, -0.25) is 9.78 Å². The number of carbonyl (C=O) groups is 1. The Hall–Kier alpha value is -2.23. The molecule has 1 aromatic carbocycles. The van der Waals surface area contributed by atoms with Crippen molar-refractivity contribution < 1.29 is 4.79 Å². The second-order valence-electron chi connectivity index (χ2n) is 3.94. The molecule has 0 radical (unpaired) electrons. The normalized spacial score (nSPS) is 11.8. The van der Waals surface area contributed by atoms with Crippen LogP contribution in [0.15, 0.2) is 48.9 Å². The molecule has 4 heteroatoms. The highest BCUT2D eigenvalue weighted by atomic mass is 16.1. The Morgan fingerprint density at radius 2 is 2.06 bits per heavy atom. The van der Waals surface area contributed by atoms with E-state index in [9.17, 15) is 4.79 Å². The van der Waals surface area contributed by atoms with Crippen molar-refractivity contribution in [2.24, 2.45) is 0 Å². The number of nitrogens with zero attached hydrogens (tertiary/aromatic N) is 2. The first-order valence-electron chi connectivity index (χ1n) is 5.93. The van der Waals surface area contributed by atoms with Gasteiger partial charge in [0.2, 0.25) is 0 Å². The van der Waals surface area contributed by atoms with Gasteiger partial charge in [0.25, 0.3) is 5.91 Å². The molecule has 1 N–H and O–H groups in total. The summed E-state index contributed by atoms with van der Waals surface area (Å²) in [7, 11) is 0. The lowest BCUT2D eigenvalue weighted by Gasteiger charge is -2.16. The van der Waals surface area contributed by atoms with Crippen molar-refractivity contribution in [2.75, 3.05) is 0 Å². The molecule has 0 saturated heterocycles. The third kappa shape index (κ3) is 2.91. The summed E-state index contributed by atoms with van der Waals surface area (Å²) in [6.45, 7) is 2.04. The van der Waals surface area contributed by atoms with Gasteiger partial charge in [0.1, 0.15) is 5.69 Å². The van der Waals surface area contributed by atoms with Crippen LogP contribution in [0.2, 0.25) is 0 Å². The quantitative estimate of drug-likeness (QED) is 0.894. The van der Waals surface area contributed by atoms with Crippen LogP contribution in [0.3, 0.4) is 0 Å². The molecule has 92 valence electrons.